The topological polar surface area (TPSA) is 47.8 Å². The third-order valence-electron chi connectivity index (χ3n) is 4.13. The molecule has 0 saturated carbocycles. The fourth-order valence-corrected chi connectivity index (χ4v) is 3.49. The van der Waals surface area contributed by atoms with Gasteiger partial charge in [0, 0.05) is 21.2 Å². The summed E-state index contributed by atoms with van der Waals surface area (Å²) in [5, 5.41) is 6.39. The lowest BCUT2D eigenvalue weighted by Gasteiger charge is -2.11. The molecule has 0 unspecified atom stereocenters. The van der Waals surface area contributed by atoms with Crippen LogP contribution in [0.2, 0.25) is 5.15 Å². The number of halogens is 1. The maximum atomic E-state index is 12.0. The number of para-hydroxylation sites is 1. The Bertz CT molecular complexity index is 1160. The molecule has 0 aliphatic rings. The Morgan fingerprint density at radius 1 is 1.16 bits per heavy atom. The van der Waals surface area contributed by atoms with E-state index < -0.39 is 0 Å². The highest BCUT2D eigenvalue weighted by molar-refractivity contribution is 7.98. The molecule has 0 fully saturated rings. The van der Waals surface area contributed by atoms with Gasteiger partial charge < -0.3 is 0 Å². The predicted molar refractivity (Wildman–Crippen MR) is 104 cm³/mol. The number of hydrogen-bond acceptors (Lipinski definition) is 4. The summed E-state index contributed by atoms with van der Waals surface area (Å²) in [5.74, 6) is 0. The molecule has 2 aromatic heterocycles. The molecule has 25 heavy (non-hydrogen) atoms. The summed E-state index contributed by atoms with van der Waals surface area (Å²) < 4.78 is 1.78. The summed E-state index contributed by atoms with van der Waals surface area (Å²) in [4.78, 5) is 17.6. The van der Waals surface area contributed by atoms with Gasteiger partial charge in [0.2, 0.25) is 5.43 Å². The molecule has 2 heterocycles. The van der Waals surface area contributed by atoms with E-state index in [0.29, 0.717) is 17.1 Å². The largest absolute Gasteiger partial charge is 0.287 e. The van der Waals surface area contributed by atoms with Crippen LogP contribution in [0.25, 0.3) is 21.8 Å². The molecule has 0 aliphatic heterocycles. The van der Waals surface area contributed by atoms with E-state index in [0.717, 1.165) is 26.9 Å². The fraction of sp³-hybridized carbons (Fsp3) is 0.105. The van der Waals surface area contributed by atoms with E-state index in [1.165, 1.54) is 6.20 Å². The van der Waals surface area contributed by atoms with E-state index in [9.17, 15) is 4.79 Å². The molecular weight excluding hydrogens is 354 g/mol. The van der Waals surface area contributed by atoms with Crippen molar-refractivity contribution in [2.45, 2.75) is 11.4 Å². The van der Waals surface area contributed by atoms with Crippen molar-refractivity contribution in [1.29, 1.82) is 0 Å². The van der Waals surface area contributed by atoms with Crippen LogP contribution in [-0.4, -0.2) is 21.0 Å². The van der Waals surface area contributed by atoms with Gasteiger partial charge in [-0.05, 0) is 36.6 Å². The van der Waals surface area contributed by atoms with Crippen LogP contribution in [-0.2, 0) is 6.54 Å². The van der Waals surface area contributed by atoms with Crippen molar-refractivity contribution in [2.24, 2.45) is 0 Å². The molecule has 0 spiro atoms. The highest BCUT2D eigenvalue weighted by atomic mass is 35.5. The van der Waals surface area contributed by atoms with Gasteiger partial charge in [-0.3, -0.25) is 9.48 Å². The fourth-order valence-electron chi connectivity index (χ4n) is 2.85. The minimum absolute atomic E-state index is 0.0841. The van der Waals surface area contributed by atoms with Gasteiger partial charge in [0.1, 0.15) is 5.15 Å². The lowest BCUT2D eigenvalue weighted by molar-refractivity contribution is 0.694. The molecule has 4 nitrogen and oxygen atoms in total. The van der Waals surface area contributed by atoms with Crippen LogP contribution in [0.15, 0.2) is 64.4 Å². The Morgan fingerprint density at radius 3 is 2.84 bits per heavy atom. The van der Waals surface area contributed by atoms with Gasteiger partial charge in [-0.15, -0.1) is 11.8 Å². The molecule has 0 amide bonds. The zero-order chi connectivity index (χ0) is 17.4. The number of hydrogen-bond donors (Lipinski definition) is 0. The summed E-state index contributed by atoms with van der Waals surface area (Å²) >= 11 is 8.08. The molecule has 0 aliphatic carbocycles. The molecule has 0 N–H and O–H groups in total. The van der Waals surface area contributed by atoms with E-state index >= 15 is 0 Å². The number of nitrogens with zero attached hydrogens (tertiary/aromatic N) is 3. The lowest BCUT2D eigenvalue weighted by atomic mass is 10.1. The van der Waals surface area contributed by atoms with Crippen LogP contribution in [0.3, 0.4) is 0 Å². The number of aromatic nitrogens is 3. The van der Waals surface area contributed by atoms with Crippen molar-refractivity contribution in [3.63, 3.8) is 0 Å². The molecule has 4 aromatic rings. The molecular formula is C19H14ClN3OS. The number of pyridine rings is 1. The van der Waals surface area contributed by atoms with E-state index in [1.807, 2.05) is 42.7 Å². The van der Waals surface area contributed by atoms with Crippen molar-refractivity contribution in [2.75, 3.05) is 6.26 Å². The molecule has 6 heteroatoms. The van der Waals surface area contributed by atoms with Crippen molar-refractivity contribution in [1.82, 2.24) is 14.8 Å². The Labute approximate surface area is 153 Å². The van der Waals surface area contributed by atoms with Crippen LogP contribution in [0.5, 0.6) is 0 Å². The van der Waals surface area contributed by atoms with E-state index in [4.69, 9.17) is 11.6 Å². The summed E-state index contributed by atoms with van der Waals surface area (Å²) in [6.07, 6.45) is 3.37. The van der Waals surface area contributed by atoms with Crippen molar-refractivity contribution < 1.29 is 0 Å². The highest BCUT2D eigenvalue weighted by Crippen LogP contribution is 2.25. The second-order valence-electron chi connectivity index (χ2n) is 5.68. The molecule has 2 aromatic carbocycles. The minimum Gasteiger partial charge on any atom is -0.287 e. The Balaban J connectivity index is 1.82. The first-order valence-corrected chi connectivity index (χ1v) is 9.34. The zero-order valence-corrected chi connectivity index (χ0v) is 15.0. The van der Waals surface area contributed by atoms with Gasteiger partial charge in [-0.1, -0.05) is 29.8 Å². The second kappa shape index (κ2) is 6.50. The summed E-state index contributed by atoms with van der Waals surface area (Å²) in [6.45, 7) is 0.451. The van der Waals surface area contributed by atoms with E-state index in [-0.39, 0.29) is 5.43 Å². The average Bonchev–Trinajstić information content (AvgIpc) is 2.64. The van der Waals surface area contributed by atoms with Crippen LogP contribution in [0, 0.1) is 0 Å². The number of thioether (sulfide) groups is 1. The quantitative estimate of drug-likeness (QED) is 0.398. The Morgan fingerprint density at radius 2 is 2.00 bits per heavy atom. The summed E-state index contributed by atoms with van der Waals surface area (Å²) in [7, 11) is 0. The van der Waals surface area contributed by atoms with Gasteiger partial charge in [0.05, 0.1) is 23.8 Å². The first-order valence-electron chi connectivity index (χ1n) is 7.74. The maximum absolute atomic E-state index is 12.0. The summed E-state index contributed by atoms with van der Waals surface area (Å²) in [5.41, 5.74) is 2.44. The van der Waals surface area contributed by atoms with Crippen LogP contribution >= 0.6 is 23.4 Å². The van der Waals surface area contributed by atoms with Gasteiger partial charge in [-0.2, -0.15) is 5.10 Å². The molecule has 124 valence electrons. The minimum atomic E-state index is -0.0841. The second-order valence-corrected chi connectivity index (χ2v) is 6.92. The normalized spacial score (nSPS) is 11.3. The van der Waals surface area contributed by atoms with Crippen molar-refractivity contribution >= 4 is 45.2 Å². The average molecular weight is 368 g/mol. The van der Waals surface area contributed by atoms with E-state index in [2.05, 4.69) is 16.1 Å². The smallest absolute Gasteiger partial charge is 0.207 e. The lowest BCUT2D eigenvalue weighted by Crippen LogP contribution is -2.13. The number of rotatable bonds is 3. The predicted octanol–water partition coefficient (Wildman–Crippen LogP) is 4.37. The maximum Gasteiger partial charge on any atom is 0.207 e. The monoisotopic (exact) mass is 367 g/mol. The third-order valence-corrected chi connectivity index (χ3v) is 5.19. The van der Waals surface area contributed by atoms with Crippen molar-refractivity contribution in [3.8, 4) is 0 Å². The van der Waals surface area contributed by atoms with Gasteiger partial charge in [0.15, 0.2) is 0 Å². The van der Waals surface area contributed by atoms with Gasteiger partial charge in [-0.25, -0.2) is 4.98 Å². The highest BCUT2D eigenvalue weighted by Gasteiger charge is 2.09. The van der Waals surface area contributed by atoms with Gasteiger partial charge >= 0.3 is 0 Å². The molecule has 0 atom stereocenters. The molecule has 0 radical (unpaired) electrons. The van der Waals surface area contributed by atoms with E-state index in [1.54, 1.807) is 22.5 Å². The third kappa shape index (κ3) is 3.01. The van der Waals surface area contributed by atoms with Crippen LogP contribution in [0.1, 0.15) is 5.56 Å². The first-order chi connectivity index (χ1) is 12.2. The summed E-state index contributed by atoms with van der Waals surface area (Å²) in [6, 6.07) is 15.6. The Kier molecular flexibility index (Phi) is 4.19. The molecule has 0 saturated heterocycles. The zero-order valence-electron chi connectivity index (χ0n) is 13.4. The SMILES string of the molecule is CSc1ccc2cc(Cn3ncc(=O)c4ccccc43)c(Cl)nc2c1. The van der Waals surface area contributed by atoms with Crippen LogP contribution in [0.4, 0.5) is 0 Å². The Hall–Kier alpha value is -2.37. The molecule has 0 bridgehead atoms. The van der Waals surface area contributed by atoms with Crippen LogP contribution < -0.4 is 5.43 Å². The number of benzene rings is 2. The van der Waals surface area contributed by atoms with Gasteiger partial charge in [0.25, 0.3) is 0 Å². The standard InChI is InChI=1S/C19H14ClN3OS/c1-25-14-7-6-12-8-13(19(20)22-16(12)9-14)11-23-17-5-3-2-4-15(17)18(24)10-21-23/h2-10H,11H2,1H3. The first kappa shape index (κ1) is 16.1. The molecule has 4 rings (SSSR count). The number of fused-ring (bicyclic) bond motifs is 2. The van der Waals surface area contributed by atoms with Crippen molar-refractivity contribution in [3.05, 3.63) is 75.7 Å².